The molecule has 1 atom stereocenters. The minimum atomic E-state index is -0.869. The lowest BCUT2D eigenvalue weighted by Crippen LogP contribution is -2.37. The molecule has 1 aromatic carbocycles. The maximum atomic E-state index is 12.9. The van der Waals surface area contributed by atoms with E-state index >= 15 is 0 Å². The topological polar surface area (TPSA) is 66.4 Å². The van der Waals surface area contributed by atoms with E-state index in [4.69, 9.17) is 5.11 Å². The average molecular weight is 279 g/mol. The predicted octanol–water partition coefficient (Wildman–Crippen LogP) is 2.08. The van der Waals surface area contributed by atoms with Gasteiger partial charge in [-0.1, -0.05) is 19.1 Å². The van der Waals surface area contributed by atoms with Crippen molar-refractivity contribution >= 4 is 11.9 Å². The molecule has 0 heterocycles. The molecule has 1 amide bonds. The van der Waals surface area contributed by atoms with Gasteiger partial charge < -0.3 is 10.4 Å². The summed E-state index contributed by atoms with van der Waals surface area (Å²) in [5.41, 5.74) is 0.277. The highest BCUT2D eigenvalue weighted by Gasteiger charge is 2.51. The molecule has 5 heteroatoms. The van der Waals surface area contributed by atoms with Crippen molar-refractivity contribution < 1.29 is 19.1 Å². The molecule has 108 valence electrons. The highest BCUT2D eigenvalue weighted by Crippen LogP contribution is 2.48. The lowest BCUT2D eigenvalue weighted by molar-refractivity contribution is -0.138. The molecule has 1 unspecified atom stereocenters. The number of carboxylic acid groups (broad SMARTS) is 1. The number of aliphatic carboxylic acids is 1. The molecule has 0 aromatic heterocycles. The van der Waals surface area contributed by atoms with Gasteiger partial charge in [0.05, 0.1) is 5.41 Å². The van der Waals surface area contributed by atoms with Crippen LogP contribution in [0.4, 0.5) is 4.39 Å². The van der Waals surface area contributed by atoms with E-state index in [2.05, 4.69) is 5.32 Å². The molecule has 2 N–H and O–H groups in total. The standard InChI is InChI=1S/C15H18FNO3/c1-10(8-13(18)19)9-17-14(20)15(6-7-15)11-2-4-12(16)5-3-11/h2-5,10H,6-9H2,1H3,(H,17,20)(H,18,19). The Morgan fingerprint density at radius 2 is 1.95 bits per heavy atom. The Morgan fingerprint density at radius 1 is 1.35 bits per heavy atom. The number of carbonyl (C=O) groups excluding carboxylic acids is 1. The number of hydrogen-bond donors (Lipinski definition) is 2. The van der Waals surface area contributed by atoms with Crippen molar-refractivity contribution in [1.82, 2.24) is 5.32 Å². The molecule has 0 aliphatic heterocycles. The van der Waals surface area contributed by atoms with Gasteiger partial charge in [0.15, 0.2) is 0 Å². The zero-order valence-corrected chi connectivity index (χ0v) is 11.4. The van der Waals surface area contributed by atoms with E-state index in [0.29, 0.717) is 6.54 Å². The Kier molecular flexibility index (Phi) is 4.06. The molecule has 0 spiro atoms. The molecule has 1 aliphatic rings. The molecule has 0 saturated heterocycles. The van der Waals surface area contributed by atoms with E-state index in [0.717, 1.165) is 18.4 Å². The monoisotopic (exact) mass is 279 g/mol. The summed E-state index contributed by atoms with van der Waals surface area (Å²) in [5.74, 6) is -1.40. The average Bonchev–Trinajstić information content (AvgIpc) is 3.17. The molecule has 20 heavy (non-hydrogen) atoms. The van der Waals surface area contributed by atoms with Crippen LogP contribution in [-0.4, -0.2) is 23.5 Å². The van der Waals surface area contributed by atoms with Crippen molar-refractivity contribution in [2.45, 2.75) is 31.6 Å². The Balaban J connectivity index is 1.95. The summed E-state index contributed by atoms with van der Waals surface area (Å²) in [6.45, 7) is 2.12. The van der Waals surface area contributed by atoms with Crippen molar-refractivity contribution in [2.24, 2.45) is 5.92 Å². The molecule has 1 saturated carbocycles. The fourth-order valence-corrected chi connectivity index (χ4v) is 2.35. The van der Waals surface area contributed by atoms with Crippen LogP contribution < -0.4 is 5.32 Å². The van der Waals surface area contributed by atoms with Crippen LogP contribution in [0.25, 0.3) is 0 Å². The van der Waals surface area contributed by atoms with Crippen LogP contribution >= 0.6 is 0 Å². The van der Waals surface area contributed by atoms with Crippen molar-refractivity contribution in [3.8, 4) is 0 Å². The number of carbonyl (C=O) groups is 2. The van der Waals surface area contributed by atoms with Crippen LogP contribution in [0, 0.1) is 11.7 Å². The first kappa shape index (κ1) is 14.5. The third kappa shape index (κ3) is 3.15. The third-order valence-corrected chi connectivity index (χ3v) is 3.72. The van der Waals surface area contributed by atoms with Gasteiger partial charge in [-0.15, -0.1) is 0 Å². The largest absolute Gasteiger partial charge is 0.481 e. The smallest absolute Gasteiger partial charge is 0.303 e. The fraction of sp³-hybridized carbons (Fsp3) is 0.467. The number of benzene rings is 1. The molecule has 0 radical (unpaired) electrons. The number of halogens is 1. The van der Waals surface area contributed by atoms with Crippen LogP contribution in [0.1, 0.15) is 31.7 Å². The van der Waals surface area contributed by atoms with Gasteiger partial charge in [0.1, 0.15) is 5.82 Å². The van der Waals surface area contributed by atoms with Gasteiger partial charge in [-0.25, -0.2) is 4.39 Å². The summed E-state index contributed by atoms with van der Waals surface area (Å²) < 4.78 is 12.9. The molecule has 0 bridgehead atoms. The van der Waals surface area contributed by atoms with E-state index in [9.17, 15) is 14.0 Å². The Hall–Kier alpha value is -1.91. The van der Waals surface area contributed by atoms with Gasteiger partial charge >= 0.3 is 5.97 Å². The van der Waals surface area contributed by atoms with Gasteiger partial charge in [0.2, 0.25) is 5.91 Å². The highest BCUT2D eigenvalue weighted by molar-refractivity contribution is 5.91. The summed E-state index contributed by atoms with van der Waals surface area (Å²) in [6.07, 6.45) is 1.53. The van der Waals surface area contributed by atoms with Crippen LogP contribution in [0.3, 0.4) is 0 Å². The van der Waals surface area contributed by atoms with E-state index in [1.807, 2.05) is 0 Å². The zero-order chi connectivity index (χ0) is 14.8. The second-order valence-electron chi connectivity index (χ2n) is 5.50. The van der Waals surface area contributed by atoms with Gasteiger partial charge in [0, 0.05) is 13.0 Å². The minimum Gasteiger partial charge on any atom is -0.481 e. The first-order chi connectivity index (χ1) is 9.44. The van der Waals surface area contributed by atoms with Crippen molar-refractivity contribution in [3.05, 3.63) is 35.6 Å². The minimum absolute atomic E-state index is 0.0316. The molecule has 1 aliphatic carbocycles. The van der Waals surface area contributed by atoms with Gasteiger partial charge in [-0.05, 0) is 36.5 Å². The number of nitrogens with one attached hydrogen (secondary N) is 1. The lowest BCUT2D eigenvalue weighted by atomic mass is 9.94. The van der Waals surface area contributed by atoms with E-state index < -0.39 is 11.4 Å². The first-order valence-electron chi connectivity index (χ1n) is 6.70. The van der Waals surface area contributed by atoms with Crippen molar-refractivity contribution in [3.63, 3.8) is 0 Å². The van der Waals surface area contributed by atoms with Crippen LogP contribution in [0.15, 0.2) is 24.3 Å². The molecule has 1 aromatic rings. The maximum absolute atomic E-state index is 12.9. The Bertz CT molecular complexity index is 508. The molecular weight excluding hydrogens is 261 g/mol. The van der Waals surface area contributed by atoms with E-state index in [1.54, 1.807) is 19.1 Å². The van der Waals surface area contributed by atoms with Crippen molar-refractivity contribution in [1.29, 1.82) is 0 Å². The quantitative estimate of drug-likeness (QED) is 0.838. The second-order valence-corrected chi connectivity index (χ2v) is 5.50. The zero-order valence-electron chi connectivity index (χ0n) is 11.4. The van der Waals surface area contributed by atoms with Crippen LogP contribution in [0.2, 0.25) is 0 Å². The summed E-state index contributed by atoms with van der Waals surface area (Å²) in [5, 5.41) is 11.5. The first-order valence-corrected chi connectivity index (χ1v) is 6.70. The van der Waals surface area contributed by atoms with Crippen molar-refractivity contribution in [2.75, 3.05) is 6.54 Å². The third-order valence-electron chi connectivity index (χ3n) is 3.72. The number of amides is 1. The maximum Gasteiger partial charge on any atom is 0.303 e. The SMILES string of the molecule is CC(CNC(=O)C1(c2ccc(F)cc2)CC1)CC(=O)O. The fourth-order valence-electron chi connectivity index (χ4n) is 2.35. The Labute approximate surface area is 117 Å². The van der Waals surface area contributed by atoms with Gasteiger partial charge in [-0.2, -0.15) is 0 Å². The molecular formula is C15H18FNO3. The van der Waals surface area contributed by atoms with E-state index in [1.165, 1.54) is 12.1 Å². The summed E-state index contributed by atoms with van der Waals surface area (Å²) in [6, 6.07) is 6.00. The molecule has 1 fully saturated rings. The lowest BCUT2D eigenvalue weighted by Gasteiger charge is -2.17. The highest BCUT2D eigenvalue weighted by atomic mass is 19.1. The summed E-state index contributed by atoms with van der Waals surface area (Å²) in [7, 11) is 0. The Morgan fingerprint density at radius 3 is 2.45 bits per heavy atom. The van der Waals surface area contributed by atoms with Gasteiger partial charge in [0.25, 0.3) is 0 Å². The summed E-state index contributed by atoms with van der Waals surface area (Å²) in [4.78, 5) is 22.8. The second kappa shape index (κ2) is 5.61. The van der Waals surface area contributed by atoms with Crippen LogP contribution in [-0.2, 0) is 15.0 Å². The predicted molar refractivity (Wildman–Crippen MR) is 71.7 cm³/mol. The number of hydrogen-bond acceptors (Lipinski definition) is 2. The summed E-state index contributed by atoms with van der Waals surface area (Å²) >= 11 is 0. The van der Waals surface area contributed by atoms with Gasteiger partial charge in [-0.3, -0.25) is 9.59 Å². The number of rotatable bonds is 6. The molecule has 2 rings (SSSR count). The van der Waals surface area contributed by atoms with E-state index in [-0.39, 0.29) is 24.1 Å². The van der Waals surface area contributed by atoms with Crippen LogP contribution in [0.5, 0.6) is 0 Å². The number of carboxylic acids is 1. The molecule has 4 nitrogen and oxygen atoms in total. The normalized spacial score (nSPS) is 17.3.